The van der Waals surface area contributed by atoms with Gasteiger partial charge in [0.15, 0.2) is 0 Å². The van der Waals surface area contributed by atoms with Crippen LogP contribution in [-0.4, -0.2) is 11.3 Å². The van der Waals surface area contributed by atoms with Crippen molar-refractivity contribution in [1.82, 2.24) is 0 Å². The van der Waals surface area contributed by atoms with E-state index < -0.39 is 0 Å². The normalized spacial score (nSPS) is 11.1. The van der Waals surface area contributed by atoms with Gasteiger partial charge in [-0.2, -0.15) is 0 Å². The Morgan fingerprint density at radius 2 is 1.78 bits per heavy atom. The summed E-state index contributed by atoms with van der Waals surface area (Å²) >= 11 is 0. The maximum Gasteiger partial charge on any atom is 0.127 e. The Hall–Kier alpha value is -2.16. The van der Waals surface area contributed by atoms with Gasteiger partial charge in [0.25, 0.3) is 0 Å². The summed E-state index contributed by atoms with van der Waals surface area (Å²) in [5, 5.41) is 9.89. The lowest BCUT2D eigenvalue weighted by molar-refractivity contribution is 0.470. The van der Waals surface area contributed by atoms with E-state index in [2.05, 4.69) is 4.99 Å². The molecule has 0 atom stereocenters. The maximum atomic E-state index is 12.7. The first-order valence-electron chi connectivity index (χ1n) is 5.66. The Labute approximate surface area is 105 Å². The van der Waals surface area contributed by atoms with Crippen molar-refractivity contribution < 1.29 is 9.50 Å². The first kappa shape index (κ1) is 12.3. The molecule has 92 valence electrons. The molecule has 0 saturated heterocycles. The van der Waals surface area contributed by atoms with Crippen LogP contribution in [0.1, 0.15) is 16.7 Å². The van der Waals surface area contributed by atoms with E-state index in [-0.39, 0.29) is 11.6 Å². The fourth-order valence-electron chi connectivity index (χ4n) is 1.76. The molecule has 2 aromatic carbocycles. The Kier molecular flexibility index (Phi) is 3.42. The molecular weight excluding hydrogens is 229 g/mol. The second kappa shape index (κ2) is 5.00. The number of nitrogens with zero attached hydrogens (tertiary/aromatic N) is 1. The van der Waals surface area contributed by atoms with Crippen molar-refractivity contribution in [3.63, 3.8) is 0 Å². The summed E-state index contributed by atoms with van der Waals surface area (Å²) < 4.78 is 12.7. The SMILES string of the molecule is Cc1cc(C)c(O)c(/C=N/c2ccc(F)cc2)c1. The van der Waals surface area contributed by atoms with Gasteiger partial charge in [-0.3, -0.25) is 4.99 Å². The van der Waals surface area contributed by atoms with Crippen LogP contribution in [0.2, 0.25) is 0 Å². The summed E-state index contributed by atoms with van der Waals surface area (Å²) in [4.78, 5) is 4.21. The van der Waals surface area contributed by atoms with Crippen molar-refractivity contribution in [3.8, 4) is 5.75 Å². The number of hydrogen-bond acceptors (Lipinski definition) is 2. The van der Waals surface area contributed by atoms with Gasteiger partial charge in [-0.05, 0) is 55.3 Å². The molecule has 0 bridgehead atoms. The van der Waals surface area contributed by atoms with Crippen LogP contribution >= 0.6 is 0 Å². The second-order valence-corrected chi connectivity index (χ2v) is 4.25. The number of hydrogen-bond donors (Lipinski definition) is 1. The van der Waals surface area contributed by atoms with E-state index in [9.17, 15) is 9.50 Å². The molecule has 0 aliphatic carbocycles. The summed E-state index contributed by atoms with van der Waals surface area (Å²) in [6.07, 6.45) is 1.59. The molecule has 2 rings (SSSR count). The first-order chi connectivity index (χ1) is 8.56. The zero-order valence-corrected chi connectivity index (χ0v) is 10.3. The Bertz CT molecular complexity index is 588. The second-order valence-electron chi connectivity index (χ2n) is 4.25. The van der Waals surface area contributed by atoms with E-state index in [1.165, 1.54) is 12.1 Å². The van der Waals surface area contributed by atoms with Crippen LogP contribution in [-0.2, 0) is 0 Å². The van der Waals surface area contributed by atoms with Gasteiger partial charge >= 0.3 is 0 Å². The molecule has 0 heterocycles. The molecule has 0 radical (unpaired) electrons. The summed E-state index contributed by atoms with van der Waals surface area (Å²) in [5.74, 6) is -0.0605. The molecule has 3 heteroatoms. The van der Waals surface area contributed by atoms with E-state index in [4.69, 9.17) is 0 Å². The first-order valence-corrected chi connectivity index (χ1v) is 5.66. The summed E-state index contributed by atoms with van der Waals surface area (Å²) in [6.45, 7) is 3.80. The van der Waals surface area contributed by atoms with E-state index >= 15 is 0 Å². The average Bonchev–Trinajstić information content (AvgIpc) is 2.34. The highest BCUT2D eigenvalue weighted by atomic mass is 19.1. The Balaban J connectivity index is 2.31. The molecule has 0 aromatic heterocycles. The topological polar surface area (TPSA) is 32.6 Å². The minimum absolute atomic E-state index is 0.228. The molecule has 0 amide bonds. The number of rotatable bonds is 2. The number of aliphatic imine (C=N–C) groups is 1. The van der Waals surface area contributed by atoms with Crippen molar-refractivity contribution in [1.29, 1.82) is 0 Å². The monoisotopic (exact) mass is 243 g/mol. The van der Waals surface area contributed by atoms with Gasteiger partial charge in [0.05, 0.1) is 5.69 Å². The minimum atomic E-state index is -0.289. The molecule has 0 unspecified atom stereocenters. The molecule has 2 nitrogen and oxygen atoms in total. The van der Waals surface area contributed by atoms with E-state index in [0.29, 0.717) is 11.3 Å². The summed E-state index contributed by atoms with van der Waals surface area (Å²) in [5.41, 5.74) is 3.19. The molecule has 18 heavy (non-hydrogen) atoms. The maximum absolute atomic E-state index is 12.7. The van der Waals surface area contributed by atoms with Gasteiger partial charge < -0.3 is 5.11 Å². The van der Waals surface area contributed by atoms with Crippen molar-refractivity contribution in [2.24, 2.45) is 4.99 Å². The number of halogens is 1. The van der Waals surface area contributed by atoms with Crippen LogP contribution < -0.4 is 0 Å². The van der Waals surface area contributed by atoms with Crippen LogP contribution in [0.25, 0.3) is 0 Å². The zero-order valence-electron chi connectivity index (χ0n) is 10.3. The van der Waals surface area contributed by atoms with Crippen molar-refractivity contribution >= 4 is 11.9 Å². The zero-order chi connectivity index (χ0) is 13.1. The van der Waals surface area contributed by atoms with Gasteiger partial charge in [0.1, 0.15) is 11.6 Å². The van der Waals surface area contributed by atoms with Crippen LogP contribution in [0.5, 0.6) is 5.75 Å². The predicted molar refractivity (Wildman–Crippen MR) is 71.2 cm³/mol. The molecular formula is C15H14FNO. The smallest absolute Gasteiger partial charge is 0.127 e. The molecule has 0 saturated carbocycles. The van der Waals surface area contributed by atoms with Crippen molar-refractivity contribution in [2.75, 3.05) is 0 Å². The standard InChI is InChI=1S/C15H14FNO/c1-10-7-11(2)15(18)12(8-10)9-17-14-5-3-13(16)4-6-14/h3-9,18H,1-2H3/b17-9+. The van der Waals surface area contributed by atoms with Gasteiger partial charge in [-0.1, -0.05) is 6.07 Å². The van der Waals surface area contributed by atoms with E-state index in [0.717, 1.165) is 11.1 Å². The largest absolute Gasteiger partial charge is 0.507 e. The predicted octanol–water partition coefficient (Wildman–Crippen LogP) is 3.90. The fraction of sp³-hybridized carbons (Fsp3) is 0.133. The molecule has 1 N–H and O–H groups in total. The highest BCUT2D eigenvalue weighted by Gasteiger charge is 2.03. The van der Waals surface area contributed by atoms with E-state index in [1.807, 2.05) is 26.0 Å². The lowest BCUT2D eigenvalue weighted by atomic mass is 10.1. The summed E-state index contributed by atoms with van der Waals surface area (Å²) in [7, 11) is 0. The molecule has 0 aliphatic heterocycles. The third-order valence-electron chi connectivity index (χ3n) is 2.65. The molecule has 0 aliphatic rings. The van der Waals surface area contributed by atoms with Gasteiger partial charge in [0.2, 0.25) is 0 Å². The lowest BCUT2D eigenvalue weighted by Crippen LogP contribution is -1.87. The minimum Gasteiger partial charge on any atom is -0.507 e. The Morgan fingerprint density at radius 1 is 1.11 bits per heavy atom. The number of phenolic OH excluding ortho intramolecular Hbond substituents is 1. The van der Waals surface area contributed by atoms with Gasteiger partial charge in [-0.15, -0.1) is 0 Å². The van der Waals surface area contributed by atoms with Crippen LogP contribution in [0.4, 0.5) is 10.1 Å². The fourth-order valence-corrected chi connectivity index (χ4v) is 1.76. The van der Waals surface area contributed by atoms with Gasteiger partial charge in [0, 0.05) is 11.8 Å². The van der Waals surface area contributed by atoms with Crippen molar-refractivity contribution in [3.05, 3.63) is 58.9 Å². The number of aromatic hydroxyl groups is 1. The van der Waals surface area contributed by atoms with Gasteiger partial charge in [-0.25, -0.2) is 4.39 Å². The number of benzene rings is 2. The van der Waals surface area contributed by atoms with Crippen LogP contribution in [0.15, 0.2) is 41.4 Å². The van der Waals surface area contributed by atoms with Crippen LogP contribution in [0, 0.1) is 19.7 Å². The highest BCUT2D eigenvalue weighted by Crippen LogP contribution is 2.23. The quantitative estimate of drug-likeness (QED) is 0.797. The highest BCUT2D eigenvalue weighted by molar-refractivity contribution is 5.86. The van der Waals surface area contributed by atoms with Crippen molar-refractivity contribution in [2.45, 2.75) is 13.8 Å². The Morgan fingerprint density at radius 3 is 2.44 bits per heavy atom. The molecule has 2 aromatic rings. The number of aryl methyl sites for hydroxylation is 2. The van der Waals surface area contributed by atoms with E-state index in [1.54, 1.807) is 18.3 Å². The lowest BCUT2D eigenvalue weighted by Gasteiger charge is -2.04. The molecule has 0 fully saturated rings. The average molecular weight is 243 g/mol. The summed E-state index contributed by atoms with van der Waals surface area (Å²) in [6, 6.07) is 9.65. The third-order valence-corrected chi connectivity index (χ3v) is 2.65. The third kappa shape index (κ3) is 2.74. The molecule has 0 spiro atoms. The van der Waals surface area contributed by atoms with Crippen LogP contribution in [0.3, 0.4) is 0 Å². The number of phenols is 1.